The van der Waals surface area contributed by atoms with Gasteiger partial charge in [0.05, 0.1) is 10.4 Å². The fourth-order valence-electron chi connectivity index (χ4n) is 7.00. The lowest BCUT2D eigenvalue weighted by Crippen LogP contribution is -2.69. The molecule has 34 heavy (non-hydrogen) atoms. The van der Waals surface area contributed by atoms with Crippen LogP contribution in [-0.4, -0.2) is 49.3 Å². The first-order valence-electron chi connectivity index (χ1n) is 12.3. The van der Waals surface area contributed by atoms with E-state index in [-0.39, 0.29) is 21.7 Å². The minimum absolute atomic E-state index is 0.0591. The molecule has 1 aromatic carbocycles. The minimum Gasteiger partial charge on any atom is -0.349 e. The number of nitrogens with zero attached hydrogens (tertiary/aromatic N) is 1. The van der Waals surface area contributed by atoms with Crippen molar-refractivity contribution in [1.29, 1.82) is 0 Å². The Morgan fingerprint density at radius 2 is 1.68 bits per heavy atom. The lowest BCUT2D eigenvalue weighted by molar-refractivity contribution is -0.163. The van der Waals surface area contributed by atoms with Crippen molar-refractivity contribution in [2.24, 2.45) is 17.3 Å². The SMILES string of the molecule is CCN(CC)C(=O)C12CC3CC(CC(NC(=O)C(C)(C)NS(=O)(=O)c4ccccc4Cl)(C3)C1)C2. The number of carbonyl (C=O) groups is 2. The van der Waals surface area contributed by atoms with Crippen molar-refractivity contribution in [3.8, 4) is 0 Å². The summed E-state index contributed by atoms with van der Waals surface area (Å²) in [6, 6.07) is 6.17. The molecule has 0 saturated heterocycles. The molecule has 5 rings (SSSR count). The van der Waals surface area contributed by atoms with E-state index in [1.807, 2.05) is 18.7 Å². The van der Waals surface area contributed by atoms with Crippen LogP contribution in [0.25, 0.3) is 0 Å². The Kier molecular flexibility index (Phi) is 6.58. The van der Waals surface area contributed by atoms with Gasteiger partial charge < -0.3 is 10.2 Å². The summed E-state index contributed by atoms with van der Waals surface area (Å²) in [6.45, 7) is 8.51. The Hall–Kier alpha value is -1.64. The van der Waals surface area contributed by atoms with Gasteiger partial charge in [0.25, 0.3) is 0 Å². The molecule has 9 heteroatoms. The lowest BCUT2D eigenvalue weighted by atomic mass is 9.46. The topological polar surface area (TPSA) is 95.6 Å². The summed E-state index contributed by atoms with van der Waals surface area (Å²) < 4.78 is 28.5. The summed E-state index contributed by atoms with van der Waals surface area (Å²) in [5.41, 5.74) is -2.29. The molecule has 4 fully saturated rings. The van der Waals surface area contributed by atoms with Crippen LogP contribution < -0.4 is 10.0 Å². The number of benzene rings is 1. The van der Waals surface area contributed by atoms with Crippen molar-refractivity contribution in [2.45, 2.75) is 82.2 Å². The molecule has 4 aliphatic rings. The maximum absolute atomic E-state index is 13.6. The minimum atomic E-state index is -4.01. The van der Waals surface area contributed by atoms with Crippen LogP contribution in [0, 0.1) is 17.3 Å². The third kappa shape index (κ3) is 4.49. The number of amides is 2. The molecule has 4 bridgehead atoms. The predicted octanol–water partition coefficient (Wildman–Crippen LogP) is 3.72. The van der Waals surface area contributed by atoms with Gasteiger partial charge in [-0.15, -0.1) is 0 Å². The normalized spacial score (nSPS) is 30.3. The van der Waals surface area contributed by atoms with E-state index >= 15 is 0 Å². The van der Waals surface area contributed by atoms with E-state index in [1.165, 1.54) is 12.1 Å². The summed E-state index contributed by atoms with van der Waals surface area (Å²) in [6.07, 6.45) is 5.19. The van der Waals surface area contributed by atoms with Crippen molar-refractivity contribution >= 4 is 33.4 Å². The molecule has 4 aliphatic carbocycles. The van der Waals surface area contributed by atoms with Crippen LogP contribution in [0.1, 0.15) is 66.2 Å². The van der Waals surface area contributed by atoms with E-state index in [0.29, 0.717) is 31.3 Å². The third-order valence-corrected chi connectivity index (χ3v) is 10.2. The van der Waals surface area contributed by atoms with Gasteiger partial charge in [0.15, 0.2) is 0 Å². The number of nitrogens with one attached hydrogen (secondary N) is 2. The highest BCUT2D eigenvalue weighted by molar-refractivity contribution is 7.89. The first-order chi connectivity index (χ1) is 15.9. The first kappa shape index (κ1) is 25.5. The summed E-state index contributed by atoms with van der Waals surface area (Å²) in [5, 5.41) is 3.34. The van der Waals surface area contributed by atoms with E-state index in [2.05, 4.69) is 10.0 Å². The zero-order chi connectivity index (χ0) is 24.9. The molecule has 0 aliphatic heterocycles. The molecule has 2 amide bonds. The van der Waals surface area contributed by atoms with Crippen molar-refractivity contribution in [3.05, 3.63) is 29.3 Å². The molecule has 2 atom stereocenters. The lowest BCUT2D eigenvalue weighted by Gasteiger charge is -2.62. The molecule has 188 valence electrons. The highest BCUT2D eigenvalue weighted by Gasteiger charge is 2.62. The van der Waals surface area contributed by atoms with Gasteiger partial charge in [0.2, 0.25) is 21.8 Å². The second-order valence-electron chi connectivity index (χ2n) is 11.1. The zero-order valence-corrected chi connectivity index (χ0v) is 22.1. The number of hydrogen-bond acceptors (Lipinski definition) is 4. The molecule has 2 N–H and O–H groups in total. The average molecular weight is 510 g/mol. The molecular weight excluding hydrogens is 474 g/mol. The van der Waals surface area contributed by atoms with E-state index < -0.39 is 26.5 Å². The van der Waals surface area contributed by atoms with Gasteiger partial charge in [0, 0.05) is 18.6 Å². The summed E-state index contributed by atoms with van der Waals surface area (Å²) in [4.78, 5) is 28.9. The number of carbonyl (C=O) groups excluding carboxylic acids is 2. The van der Waals surface area contributed by atoms with Crippen LogP contribution >= 0.6 is 11.6 Å². The molecule has 0 radical (unpaired) electrons. The molecule has 2 unspecified atom stereocenters. The predicted molar refractivity (Wildman–Crippen MR) is 132 cm³/mol. The number of halogens is 1. The smallest absolute Gasteiger partial charge is 0.243 e. The average Bonchev–Trinajstić information content (AvgIpc) is 2.72. The summed E-state index contributed by atoms with van der Waals surface area (Å²) in [5.74, 6) is 0.646. The van der Waals surface area contributed by atoms with Crippen LogP contribution in [0.2, 0.25) is 5.02 Å². The van der Waals surface area contributed by atoms with Crippen LogP contribution in [0.4, 0.5) is 0 Å². The Bertz CT molecular complexity index is 1070. The van der Waals surface area contributed by atoms with Gasteiger partial charge in [-0.2, -0.15) is 4.72 Å². The van der Waals surface area contributed by atoms with E-state index in [1.54, 1.807) is 26.0 Å². The first-order valence-corrected chi connectivity index (χ1v) is 14.1. The fraction of sp³-hybridized carbons (Fsp3) is 0.680. The number of hydrogen-bond donors (Lipinski definition) is 2. The highest BCUT2D eigenvalue weighted by atomic mass is 35.5. The Morgan fingerprint density at radius 3 is 2.24 bits per heavy atom. The standard InChI is InChI=1S/C25H36ClN3O4S/c1-5-29(6-2)22(31)24-12-17-11-18(13-24)15-25(14-17,16-24)27-21(30)23(3,4)28-34(32,33)20-10-8-7-9-19(20)26/h7-10,17-18,28H,5-6,11-16H2,1-4H3,(H,27,30). The molecule has 1 aromatic rings. The number of rotatable bonds is 8. The van der Waals surface area contributed by atoms with Crippen molar-refractivity contribution in [2.75, 3.05) is 13.1 Å². The van der Waals surface area contributed by atoms with Crippen LogP contribution in [0.5, 0.6) is 0 Å². The van der Waals surface area contributed by atoms with Gasteiger partial charge in [0.1, 0.15) is 10.4 Å². The molecular formula is C25H36ClN3O4S. The molecule has 4 saturated carbocycles. The van der Waals surface area contributed by atoms with Gasteiger partial charge >= 0.3 is 0 Å². The Morgan fingerprint density at radius 1 is 1.09 bits per heavy atom. The van der Waals surface area contributed by atoms with Gasteiger partial charge in [-0.1, -0.05) is 23.7 Å². The molecule has 0 heterocycles. The fourth-order valence-corrected chi connectivity index (χ4v) is 8.90. The van der Waals surface area contributed by atoms with Crippen LogP contribution in [0.15, 0.2) is 29.2 Å². The van der Waals surface area contributed by atoms with Crippen LogP contribution in [-0.2, 0) is 19.6 Å². The summed E-state index contributed by atoms with van der Waals surface area (Å²) in [7, 11) is -4.01. The molecule has 0 aromatic heterocycles. The summed E-state index contributed by atoms with van der Waals surface area (Å²) >= 11 is 6.10. The Balaban J connectivity index is 1.55. The molecule has 7 nitrogen and oxygen atoms in total. The number of sulfonamides is 1. The molecule has 0 spiro atoms. The zero-order valence-electron chi connectivity index (χ0n) is 20.5. The van der Waals surface area contributed by atoms with Gasteiger partial charge in [-0.3, -0.25) is 9.59 Å². The van der Waals surface area contributed by atoms with E-state index in [9.17, 15) is 18.0 Å². The van der Waals surface area contributed by atoms with Gasteiger partial charge in [-0.25, -0.2) is 8.42 Å². The maximum Gasteiger partial charge on any atom is 0.243 e. The van der Waals surface area contributed by atoms with E-state index in [4.69, 9.17) is 11.6 Å². The highest BCUT2D eigenvalue weighted by Crippen LogP contribution is 2.62. The Labute approximate surface area is 208 Å². The monoisotopic (exact) mass is 509 g/mol. The second-order valence-corrected chi connectivity index (χ2v) is 13.2. The van der Waals surface area contributed by atoms with Crippen molar-refractivity contribution < 1.29 is 18.0 Å². The van der Waals surface area contributed by atoms with Gasteiger partial charge in [-0.05, 0) is 90.2 Å². The maximum atomic E-state index is 13.6. The second kappa shape index (κ2) is 8.79. The van der Waals surface area contributed by atoms with E-state index in [0.717, 1.165) is 32.1 Å². The third-order valence-electron chi connectivity index (χ3n) is 8.03. The van der Waals surface area contributed by atoms with Crippen molar-refractivity contribution in [3.63, 3.8) is 0 Å². The van der Waals surface area contributed by atoms with Crippen molar-refractivity contribution in [1.82, 2.24) is 14.9 Å². The quantitative estimate of drug-likeness (QED) is 0.558. The van der Waals surface area contributed by atoms with Crippen LogP contribution in [0.3, 0.4) is 0 Å². The largest absolute Gasteiger partial charge is 0.349 e.